The molecule has 2 heterocycles. The number of anilines is 1. The molecule has 4 N–H and O–H groups in total. The van der Waals surface area contributed by atoms with Crippen molar-refractivity contribution in [2.75, 3.05) is 18.5 Å². The zero-order valence-electron chi connectivity index (χ0n) is 17.4. The normalized spacial score (nSPS) is 13.2. The molecule has 2 aromatic heterocycles. The van der Waals surface area contributed by atoms with Crippen LogP contribution in [0.1, 0.15) is 25.1 Å². The fourth-order valence-corrected chi connectivity index (χ4v) is 3.96. The van der Waals surface area contributed by atoms with Crippen LogP contribution in [0.25, 0.3) is 21.3 Å². The highest BCUT2D eigenvalue weighted by Crippen LogP contribution is 2.37. The molecule has 0 aliphatic carbocycles. The summed E-state index contributed by atoms with van der Waals surface area (Å²) in [5.41, 5.74) is 10.2. The van der Waals surface area contributed by atoms with E-state index in [1.807, 2.05) is 39.0 Å². The lowest BCUT2D eigenvalue weighted by Gasteiger charge is -2.17. The number of nitrogens with zero attached hydrogens (tertiary/aromatic N) is 3. The van der Waals surface area contributed by atoms with Gasteiger partial charge in [0.15, 0.2) is 5.01 Å². The maximum absolute atomic E-state index is 9.52. The molecule has 7 nitrogen and oxygen atoms in total. The number of benzene rings is 1. The predicted octanol–water partition coefficient (Wildman–Crippen LogP) is 4.06. The standard InChI is InChI=1S/C21H26ClN5O2S/c1-5-24-14-7-12(3)25-18(8-14)21-27-26-20(30-21)15-6-11(2)19(9-16(15)22)29-10-17(23)13(4)28/h6-9,13,17,28H,5,10,23H2,1-4H3,(H,24,25)/t13-,17+/m1/s1. The molecule has 0 saturated carbocycles. The van der Waals surface area contributed by atoms with E-state index >= 15 is 0 Å². The number of hydrogen-bond acceptors (Lipinski definition) is 8. The smallest absolute Gasteiger partial charge is 0.166 e. The van der Waals surface area contributed by atoms with Crippen LogP contribution in [0.5, 0.6) is 5.75 Å². The van der Waals surface area contributed by atoms with Crippen LogP contribution in [0.2, 0.25) is 5.02 Å². The minimum absolute atomic E-state index is 0.199. The molecule has 0 unspecified atom stereocenters. The van der Waals surface area contributed by atoms with E-state index in [0.29, 0.717) is 15.8 Å². The van der Waals surface area contributed by atoms with E-state index in [-0.39, 0.29) is 6.61 Å². The highest BCUT2D eigenvalue weighted by molar-refractivity contribution is 7.18. The minimum atomic E-state index is -0.650. The number of halogens is 1. The second kappa shape index (κ2) is 9.70. The predicted molar refractivity (Wildman–Crippen MR) is 122 cm³/mol. The van der Waals surface area contributed by atoms with Crippen LogP contribution in [0.15, 0.2) is 24.3 Å². The Kier molecular flexibility index (Phi) is 7.25. The monoisotopic (exact) mass is 447 g/mol. The van der Waals surface area contributed by atoms with E-state index < -0.39 is 12.1 Å². The number of hydrogen-bond donors (Lipinski definition) is 3. The van der Waals surface area contributed by atoms with Gasteiger partial charge in [-0.3, -0.25) is 4.98 Å². The number of aliphatic hydroxyl groups excluding tert-OH is 1. The maximum Gasteiger partial charge on any atom is 0.166 e. The lowest BCUT2D eigenvalue weighted by Crippen LogP contribution is -2.38. The molecule has 0 saturated heterocycles. The zero-order chi connectivity index (χ0) is 21.8. The van der Waals surface area contributed by atoms with Gasteiger partial charge in [-0.15, -0.1) is 10.2 Å². The molecule has 30 heavy (non-hydrogen) atoms. The average molecular weight is 448 g/mol. The van der Waals surface area contributed by atoms with Crippen LogP contribution in [0.3, 0.4) is 0 Å². The Morgan fingerprint density at radius 1 is 1.20 bits per heavy atom. The van der Waals surface area contributed by atoms with Crippen LogP contribution >= 0.6 is 22.9 Å². The summed E-state index contributed by atoms with van der Waals surface area (Å²) in [5, 5.41) is 23.4. The fourth-order valence-electron chi connectivity index (χ4n) is 2.83. The molecule has 0 bridgehead atoms. The molecule has 1 aromatic carbocycles. The Balaban J connectivity index is 1.86. The van der Waals surface area contributed by atoms with Gasteiger partial charge in [-0.1, -0.05) is 22.9 Å². The fraction of sp³-hybridized carbons (Fsp3) is 0.381. The van der Waals surface area contributed by atoms with Gasteiger partial charge in [0.1, 0.15) is 23.1 Å². The third-order valence-corrected chi connectivity index (χ3v) is 5.82. The van der Waals surface area contributed by atoms with Gasteiger partial charge in [0.05, 0.1) is 17.2 Å². The summed E-state index contributed by atoms with van der Waals surface area (Å²) in [4.78, 5) is 4.59. The van der Waals surface area contributed by atoms with Gasteiger partial charge in [0.25, 0.3) is 0 Å². The Morgan fingerprint density at radius 3 is 2.63 bits per heavy atom. The lowest BCUT2D eigenvalue weighted by atomic mass is 10.1. The molecule has 3 rings (SSSR count). The van der Waals surface area contributed by atoms with Crippen LogP contribution in [-0.4, -0.2) is 45.6 Å². The van der Waals surface area contributed by atoms with Crippen molar-refractivity contribution in [2.24, 2.45) is 5.73 Å². The first kappa shape index (κ1) is 22.4. The van der Waals surface area contributed by atoms with Gasteiger partial charge in [-0.2, -0.15) is 0 Å². The first-order valence-corrected chi connectivity index (χ1v) is 10.9. The second-order valence-corrected chi connectivity index (χ2v) is 8.52. The van der Waals surface area contributed by atoms with Crippen molar-refractivity contribution in [1.82, 2.24) is 15.2 Å². The van der Waals surface area contributed by atoms with E-state index in [1.165, 1.54) is 11.3 Å². The van der Waals surface area contributed by atoms with E-state index in [1.54, 1.807) is 13.0 Å². The quantitative estimate of drug-likeness (QED) is 0.478. The summed E-state index contributed by atoms with van der Waals surface area (Å²) in [6.07, 6.45) is -0.650. The van der Waals surface area contributed by atoms with Crippen LogP contribution in [0.4, 0.5) is 5.69 Å². The number of pyridine rings is 1. The minimum Gasteiger partial charge on any atom is -0.492 e. The number of nitrogens with one attached hydrogen (secondary N) is 1. The third-order valence-electron chi connectivity index (χ3n) is 4.52. The van der Waals surface area contributed by atoms with E-state index in [0.717, 1.165) is 39.8 Å². The van der Waals surface area contributed by atoms with Crippen LogP contribution < -0.4 is 15.8 Å². The van der Waals surface area contributed by atoms with Crippen molar-refractivity contribution in [3.63, 3.8) is 0 Å². The van der Waals surface area contributed by atoms with Crippen molar-refractivity contribution >= 4 is 28.6 Å². The highest BCUT2D eigenvalue weighted by atomic mass is 35.5. The first-order chi connectivity index (χ1) is 14.3. The Hall–Kier alpha value is -2.26. The molecule has 3 aromatic rings. The topological polar surface area (TPSA) is 106 Å². The zero-order valence-corrected chi connectivity index (χ0v) is 19.0. The maximum atomic E-state index is 9.52. The van der Waals surface area contributed by atoms with Crippen LogP contribution in [0, 0.1) is 13.8 Å². The number of aryl methyl sites for hydroxylation is 2. The van der Waals surface area contributed by atoms with Gasteiger partial charge < -0.3 is 20.9 Å². The van der Waals surface area contributed by atoms with E-state index in [2.05, 4.69) is 20.5 Å². The Bertz CT molecular complexity index is 1020. The highest BCUT2D eigenvalue weighted by Gasteiger charge is 2.17. The molecular weight excluding hydrogens is 422 g/mol. The molecular formula is C21H26ClN5O2S. The molecule has 9 heteroatoms. The summed E-state index contributed by atoms with van der Waals surface area (Å²) in [6.45, 7) is 8.59. The molecule has 160 valence electrons. The lowest BCUT2D eigenvalue weighted by molar-refractivity contribution is 0.131. The van der Waals surface area contributed by atoms with Crippen molar-refractivity contribution < 1.29 is 9.84 Å². The van der Waals surface area contributed by atoms with Crippen molar-refractivity contribution in [3.05, 3.63) is 40.5 Å². The van der Waals surface area contributed by atoms with Crippen molar-refractivity contribution in [2.45, 2.75) is 39.8 Å². The van der Waals surface area contributed by atoms with Gasteiger partial charge in [0, 0.05) is 23.5 Å². The number of aromatic nitrogens is 3. The third kappa shape index (κ3) is 5.26. The first-order valence-electron chi connectivity index (χ1n) is 9.71. The van der Waals surface area contributed by atoms with Crippen molar-refractivity contribution in [3.8, 4) is 27.0 Å². The molecule has 0 amide bonds. The van der Waals surface area contributed by atoms with Gasteiger partial charge in [0.2, 0.25) is 0 Å². The SMILES string of the molecule is CCNc1cc(C)nc(-c2nnc(-c3cc(C)c(OC[C@H](N)[C@@H](C)O)cc3Cl)s2)c1. The number of ether oxygens (including phenoxy) is 1. The van der Waals surface area contributed by atoms with Gasteiger partial charge in [-0.05, 0) is 57.5 Å². The summed E-state index contributed by atoms with van der Waals surface area (Å²) in [5.74, 6) is 0.625. The van der Waals surface area contributed by atoms with E-state index in [4.69, 9.17) is 22.1 Å². The van der Waals surface area contributed by atoms with Crippen molar-refractivity contribution in [1.29, 1.82) is 0 Å². The Labute approximate surface area is 185 Å². The summed E-state index contributed by atoms with van der Waals surface area (Å²) in [6, 6.07) is 7.16. The summed E-state index contributed by atoms with van der Waals surface area (Å²) in [7, 11) is 0. The molecule has 0 spiro atoms. The largest absolute Gasteiger partial charge is 0.492 e. The molecule has 0 radical (unpaired) electrons. The van der Waals surface area contributed by atoms with Gasteiger partial charge in [-0.25, -0.2) is 0 Å². The molecule has 0 aliphatic rings. The molecule has 0 aliphatic heterocycles. The average Bonchev–Trinajstić information content (AvgIpc) is 3.17. The number of rotatable bonds is 8. The number of nitrogens with two attached hydrogens (primary N) is 1. The molecule has 0 fully saturated rings. The second-order valence-electron chi connectivity index (χ2n) is 7.14. The molecule has 2 atom stereocenters. The van der Waals surface area contributed by atoms with E-state index in [9.17, 15) is 5.11 Å². The summed E-state index contributed by atoms with van der Waals surface area (Å²) < 4.78 is 5.74. The summed E-state index contributed by atoms with van der Waals surface area (Å²) >= 11 is 7.95. The van der Waals surface area contributed by atoms with Crippen LogP contribution in [-0.2, 0) is 0 Å². The number of aliphatic hydroxyl groups is 1. The van der Waals surface area contributed by atoms with Gasteiger partial charge >= 0.3 is 0 Å². The Morgan fingerprint density at radius 2 is 1.93 bits per heavy atom.